The Morgan fingerprint density at radius 1 is 1.43 bits per heavy atom. The molecule has 0 radical (unpaired) electrons. The Morgan fingerprint density at radius 2 is 2.14 bits per heavy atom. The zero-order valence-electron chi connectivity index (χ0n) is 12.7. The van der Waals surface area contributed by atoms with Crippen LogP contribution in [0.25, 0.3) is 0 Å². The third-order valence-corrected chi connectivity index (χ3v) is 3.86. The van der Waals surface area contributed by atoms with Crippen molar-refractivity contribution in [2.75, 3.05) is 24.2 Å². The van der Waals surface area contributed by atoms with Crippen LogP contribution in [0.2, 0.25) is 0 Å². The Hall–Kier alpha value is -1.27. The number of amides is 1. The van der Waals surface area contributed by atoms with E-state index in [1.807, 2.05) is 18.2 Å². The highest BCUT2D eigenvalue weighted by Crippen LogP contribution is 2.28. The van der Waals surface area contributed by atoms with Gasteiger partial charge in [0, 0.05) is 22.7 Å². The molecule has 1 aromatic rings. The summed E-state index contributed by atoms with van der Waals surface area (Å²) in [5, 5.41) is 5.99. The molecule has 0 spiro atoms. The van der Waals surface area contributed by atoms with Crippen molar-refractivity contribution in [3.8, 4) is 0 Å². The van der Waals surface area contributed by atoms with E-state index in [1.54, 1.807) is 11.8 Å². The monoisotopic (exact) mass is 325 g/mol. The Morgan fingerprint density at radius 3 is 2.71 bits per heavy atom. The summed E-state index contributed by atoms with van der Waals surface area (Å²) in [6.45, 7) is 7.08. The highest BCUT2D eigenvalue weighted by atomic mass is 32.2. The van der Waals surface area contributed by atoms with Gasteiger partial charge in [0.2, 0.25) is 5.91 Å². The van der Waals surface area contributed by atoms with Gasteiger partial charge in [0.1, 0.15) is 4.99 Å². The second kappa shape index (κ2) is 8.89. The lowest BCUT2D eigenvalue weighted by molar-refractivity contribution is -0.119. The third kappa shape index (κ3) is 5.93. The average Bonchev–Trinajstić information content (AvgIpc) is 2.43. The minimum absolute atomic E-state index is 0.0360. The number of hydrogen-bond acceptors (Lipinski definition) is 4. The van der Waals surface area contributed by atoms with Crippen molar-refractivity contribution >= 4 is 40.6 Å². The zero-order chi connectivity index (χ0) is 15.8. The predicted octanol–water partition coefficient (Wildman–Crippen LogP) is 2.62. The SMILES string of the molecule is CCSc1cccc(NCC(=O)NCC(C)C)c1C(N)=S. The van der Waals surface area contributed by atoms with Crippen LogP contribution in [0.15, 0.2) is 23.1 Å². The number of thioether (sulfide) groups is 1. The first-order valence-electron chi connectivity index (χ1n) is 7.01. The fourth-order valence-corrected chi connectivity index (χ4v) is 2.90. The summed E-state index contributed by atoms with van der Waals surface area (Å²) in [5.41, 5.74) is 7.45. The molecule has 6 heteroatoms. The molecule has 0 fully saturated rings. The van der Waals surface area contributed by atoms with Crippen molar-refractivity contribution in [1.82, 2.24) is 5.32 Å². The van der Waals surface area contributed by atoms with Gasteiger partial charge in [-0.15, -0.1) is 11.8 Å². The van der Waals surface area contributed by atoms with Gasteiger partial charge in [-0.25, -0.2) is 0 Å². The second-order valence-corrected chi connectivity index (χ2v) is 6.77. The van der Waals surface area contributed by atoms with Gasteiger partial charge in [-0.1, -0.05) is 39.1 Å². The maximum Gasteiger partial charge on any atom is 0.239 e. The number of thiocarbonyl (C=S) groups is 1. The van der Waals surface area contributed by atoms with Crippen LogP contribution in [0.4, 0.5) is 5.69 Å². The number of carbonyl (C=O) groups is 1. The number of hydrogen-bond donors (Lipinski definition) is 3. The molecule has 1 amide bonds. The van der Waals surface area contributed by atoms with Crippen LogP contribution in [0.1, 0.15) is 26.3 Å². The second-order valence-electron chi connectivity index (χ2n) is 5.03. The molecular formula is C15H23N3OS2. The van der Waals surface area contributed by atoms with Crippen LogP contribution in [0, 0.1) is 5.92 Å². The van der Waals surface area contributed by atoms with E-state index >= 15 is 0 Å². The summed E-state index contributed by atoms with van der Waals surface area (Å²) in [4.78, 5) is 13.2. The van der Waals surface area contributed by atoms with E-state index in [-0.39, 0.29) is 12.5 Å². The maximum atomic E-state index is 11.8. The predicted molar refractivity (Wildman–Crippen MR) is 95.1 cm³/mol. The topological polar surface area (TPSA) is 67.2 Å². The van der Waals surface area contributed by atoms with Gasteiger partial charge in [0.15, 0.2) is 0 Å². The molecule has 0 unspecified atom stereocenters. The van der Waals surface area contributed by atoms with Crippen LogP contribution >= 0.6 is 24.0 Å². The average molecular weight is 326 g/mol. The van der Waals surface area contributed by atoms with E-state index in [4.69, 9.17) is 18.0 Å². The smallest absolute Gasteiger partial charge is 0.239 e. The van der Waals surface area contributed by atoms with Crippen molar-refractivity contribution in [2.24, 2.45) is 11.7 Å². The quantitative estimate of drug-likeness (QED) is 0.506. The number of benzene rings is 1. The lowest BCUT2D eigenvalue weighted by Crippen LogP contribution is -2.32. The van der Waals surface area contributed by atoms with Crippen molar-refractivity contribution < 1.29 is 4.79 Å². The zero-order valence-corrected chi connectivity index (χ0v) is 14.4. The number of nitrogens with one attached hydrogen (secondary N) is 2. The van der Waals surface area contributed by atoms with Crippen LogP contribution in [0.5, 0.6) is 0 Å². The molecule has 21 heavy (non-hydrogen) atoms. The number of anilines is 1. The highest BCUT2D eigenvalue weighted by molar-refractivity contribution is 7.99. The lowest BCUT2D eigenvalue weighted by Gasteiger charge is -2.15. The standard InChI is InChI=1S/C15H23N3OS2/c1-4-21-12-7-5-6-11(14(12)15(16)20)17-9-13(19)18-8-10(2)3/h5-7,10,17H,4,8-9H2,1-3H3,(H2,16,20)(H,18,19). The minimum Gasteiger partial charge on any atom is -0.389 e. The number of carbonyl (C=O) groups excluding carboxylic acids is 1. The van der Waals surface area contributed by atoms with Crippen molar-refractivity contribution in [3.05, 3.63) is 23.8 Å². The molecule has 1 aromatic carbocycles. The van der Waals surface area contributed by atoms with Crippen molar-refractivity contribution in [2.45, 2.75) is 25.7 Å². The van der Waals surface area contributed by atoms with Crippen LogP contribution in [-0.2, 0) is 4.79 Å². The van der Waals surface area contributed by atoms with Crippen LogP contribution < -0.4 is 16.4 Å². The molecule has 0 aliphatic heterocycles. The fraction of sp³-hybridized carbons (Fsp3) is 0.467. The highest BCUT2D eigenvalue weighted by Gasteiger charge is 2.12. The Kier molecular flexibility index (Phi) is 7.53. The molecule has 0 atom stereocenters. The molecule has 0 saturated carbocycles. The van der Waals surface area contributed by atoms with Gasteiger partial charge in [-0.05, 0) is 23.8 Å². The molecule has 4 nitrogen and oxygen atoms in total. The minimum atomic E-state index is -0.0360. The van der Waals surface area contributed by atoms with E-state index in [0.717, 1.165) is 21.9 Å². The number of rotatable bonds is 8. The third-order valence-electron chi connectivity index (χ3n) is 2.72. The molecule has 0 bridgehead atoms. The Balaban J connectivity index is 2.76. The molecule has 116 valence electrons. The van der Waals surface area contributed by atoms with Gasteiger partial charge < -0.3 is 16.4 Å². The number of nitrogens with two attached hydrogens (primary N) is 1. The maximum absolute atomic E-state index is 11.8. The molecule has 0 aliphatic carbocycles. The van der Waals surface area contributed by atoms with E-state index in [1.165, 1.54) is 0 Å². The summed E-state index contributed by atoms with van der Waals surface area (Å²) in [6.07, 6.45) is 0. The summed E-state index contributed by atoms with van der Waals surface area (Å²) in [5.74, 6) is 1.34. The van der Waals surface area contributed by atoms with Gasteiger partial charge in [0.25, 0.3) is 0 Å². The first kappa shape index (κ1) is 17.8. The van der Waals surface area contributed by atoms with E-state index in [9.17, 15) is 4.79 Å². The fourth-order valence-electron chi connectivity index (χ4n) is 1.76. The van der Waals surface area contributed by atoms with E-state index < -0.39 is 0 Å². The summed E-state index contributed by atoms with van der Waals surface area (Å²) < 4.78 is 0. The molecular weight excluding hydrogens is 302 g/mol. The molecule has 0 aliphatic rings. The first-order chi connectivity index (χ1) is 9.95. The van der Waals surface area contributed by atoms with Gasteiger partial charge in [-0.3, -0.25) is 4.79 Å². The normalized spacial score (nSPS) is 10.5. The molecule has 0 saturated heterocycles. The largest absolute Gasteiger partial charge is 0.389 e. The van der Waals surface area contributed by atoms with Crippen LogP contribution in [-0.4, -0.2) is 29.7 Å². The van der Waals surface area contributed by atoms with E-state index in [0.29, 0.717) is 17.5 Å². The van der Waals surface area contributed by atoms with Gasteiger partial charge in [0.05, 0.1) is 6.54 Å². The Bertz CT molecular complexity index is 504. The molecule has 0 aromatic heterocycles. The molecule has 0 heterocycles. The molecule has 1 rings (SSSR count). The summed E-state index contributed by atoms with van der Waals surface area (Å²) >= 11 is 6.83. The lowest BCUT2D eigenvalue weighted by atomic mass is 10.1. The van der Waals surface area contributed by atoms with Crippen molar-refractivity contribution in [3.63, 3.8) is 0 Å². The van der Waals surface area contributed by atoms with Crippen molar-refractivity contribution in [1.29, 1.82) is 0 Å². The Labute approximate surface area is 136 Å². The molecule has 4 N–H and O–H groups in total. The van der Waals surface area contributed by atoms with Crippen LogP contribution in [0.3, 0.4) is 0 Å². The van der Waals surface area contributed by atoms with Gasteiger partial charge in [-0.2, -0.15) is 0 Å². The first-order valence-corrected chi connectivity index (χ1v) is 8.41. The van der Waals surface area contributed by atoms with Gasteiger partial charge >= 0.3 is 0 Å². The summed E-state index contributed by atoms with van der Waals surface area (Å²) in [6, 6.07) is 5.82. The van der Waals surface area contributed by atoms with E-state index in [2.05, 4.69) is 31.4 Å². The summed E-state index contributed by atoms with van der Waals surface area (Å²) in [7, 11) is 0.